The van der Waals surface area contributed by atoms with E-state index in [2.05, 4.69) is 11.9 Å². The third kappa shape index (κ3) is 2.09. The molecule has 1 aliphatic heterocycles. The molecule has 1 saturated heterocycles. The summed E-state index contributed by atoms with van der Waals surface area (Å²) in [6.45, 7) is 5.88. The van der Waals surface area contributed by atoms with Crippen LogP contribution in [0, 0.1) is 11.7 Å². The van der Waals surface area contributed by atoms with E-state index in [0.29, 0.717) is 5.92 Å². The van der Waals surface area contributed by atoms with Crippen LogP contribution in [0.1, 0.15) is 31.7 Å². The molecule has 1 atom stereocenters. The standard InChI is InChI=1S/C16H19FN2O/c1-3-12(16(20)19-8-10(2)9-19)14-7-18-15-6-11(17)4-5-13(14)15/h4-7,10,12,18H,3,8-9H2,1-2H3. The van der Waals surface area contributed by atoms with Crippen molar-refractivity contribution in [1.82, 2.24) is 9.88 Å². The SMILES string of the molecule is CCC(C(=O)N1CC(C)C1)c1c[nH]c2cc(F)ccc12. The van der Waals surface area contributed by atoms with Crippen molar-refractivity contribution < 1.29 is 9.18 Å². The zero-order valence-corrected chi connectivity index (χ0v) is 11.8. The number of nitrogens with one attached hydrogen (secondary N) is 1. The Bertz CT molecular complexity index is 643. The molecule has 0 aliphatic carbocycles. The monoisotopic (exact) mass is 274 g/mol. The van der Waals surface area contributed by atoms with Crippen molar-refractivity contribution in [3.63, 3.8) is 0 Å². The number of nitrogens with zero attached hydrogens (tertiary/aromatic N) is 1. The predicted octanol–water partition coefficient (Wildman–Crippen LogP) is 3.28. The van der Waals surface area contributed by atoms with Crippen LogP contribution in [-0.2, 0) is 4.79 Å². The Labute approximate surface area is 117 Å². The summed E-state index contributed by atoms with van der Waals surface area (Å²) in [5, 5.41) is 0.945. The van der Waals surface area contributed by atoms with E-state index in [4.69, 9.17) is 0 Å². The van der Waals surface area contributed by atoms with Gasteiger partial charge in [-0.3, -0.25) is 4.79 Å². The van der Waals surface area contributed by atoms with Gasteiger partial charge in [0.2, 0.25) is 5.91 Å². The van der Waals surface area contributed by atoms with Gasteiger partial charge in [-0.15, -0.1) is 0 Å². The lowest BCUT2D eigenvalue weighted by Gasteiger charge is -2.39. The van der Waals surface area contributed by atoms with E-state index >= 15 is 0 Å². The fourth-order valence-corrected chi connectivity index (χ4v) is 3.04. The molecule has 3 nitrogen and oxygen atoms in total. The molecule has 1 N–H and O–H groups in total. The second-order valence-electron chi connectivity index (χ2n) is 5.74. The zero-order chi connectivity index (χ0) is 14.3. The molecular weight excluding hydrogens is 255 g/mol. The highest BCUT2D eigenvalue weighted by atomic mass is 19.1. The first-order chi connectivity index (χ1) is 9.60. The highest BCUT2D eigenvalue weighted by Gasteiger charge is 2.32. The number of aromatic nitrogens is 1. The van der Waals surface area contributed by atoms with Crippen LogP contribution < -0.4 is 0 Å². The fourth-order valence-electron chi connectivity index (χ4n) is 3.04. The molecule has 20 heavy (non-hydrogen) atoms. The molecule has 2 aromatic rings. The first-order valence-corrected chi connectivity index (χ1v) is 7.15. The minimum absolute atomic E-state index is 0.137. The summed E-state index contributed by atoms with van der Waals surface area (Å²) in [6.07, 6.45) is 2.60. The summed E-state index contributed by atoms with van der Waals surface area (Å²) in [7, 11) is 0. The minimum Gasteiger partial charge on any atom is -0.361 e. The number of aromatic amines is 1. The number of benzene rings is 1. The Morgan fingerprint density at radius 3 is 2.90 bits per heavy atom. The third-order valence-corrected chi connectivity index (χ3v) is 4.13. The van der Waals surface area contributed by atoms with E-state index in [1.54, 1.807) is 6.07 Å². The van der Waals surface area contributed by atoms with Gasteiger partial charge >= 0.3 is 0 Å². The van der Waals surface area contributed by atoms with E-state index < -0.39 is 0 Å². The van der Waals surface area contributed by atoms with Crippen LogP contribution in [0.3, 0.4) is 0 Å². The molecule has 0 radical (unpaired) electrons. The predicted molar refractivity (Wildman–Crippen MR) is 77.0 cm³/mol. The molecule has 106 valence electrons. The molecule has 1 amide bonds. The van der Waals surface area contributed by atoms with Gasteiger partial charge in [0, 0.05) is 30.2 Å². The van der Waals surface area contributed by atoms with Gasteiger partial charge in [0.1, 0.15) is 5.82 Å². The number of carbonyl (C=O) groups excluding carboxylic acids is 1. The quantitative estimate of drug-likeness (QED) is 0.916. The molecule has 0 saturated carbocycles. The number of hydrogen-bond donors (Lipinski definition) is 1. The van der Waals surface area contributed by atoms with Crippen molar-refractivity contribution in [3.05, 3.63) is 35.8 Å². The highest BCUT2D eigenvalue weighted by Crippen LogP contribution is 2.31. The smallest absolute Gasteiger partial charge is 0.230 e. The summed E-state index contributed by atoms with van der Waals surface area (Å²) in [5.74, 6) is 0.396. The summed E-state index contributed by atoms with van der Waals surface area (Å²) in [5.41, 5.74) is 1.73. The second kappa shape index (κ2) is 4.93. The zero-order valence-electron chi connectivity index (χ0n) is 11.8. The van der Waals surface area contributed by atoms with Gasteiger partial charge in [-0.25, -0.2) is 4.39 Å². The second-order valence-corrected chi connectivity index (χ2v) is 5.74. The van der Waals surface area contributed by atoms with Gasteiger partial charge in [-0.1, -0.05) is 13.8 Å². The van der Waals surface area contributed by atoms with Crippen molar-refractivity contribution >= 4 is 16.8 Å². The van der Waals surface area contributed by atoms with Crippen molar-refractivity contribution in [3.8, 4) is 0 Å². The Kier molecular flexibility index (Phi) is 3.24. The van der Waals surface area contributed by atoms with E-state index in [9.17, 15) is 9.18 Å². The lowest BCUT2D eigenvalue weighted by Crippen LogP contribution is -2.50. The number of likely N-dealkylation sites (tertiary alicyclic amines) is 1. The molecule has 0 bridgehead atoms. The van der Waals surface area contributed by atoms with Crippen molar-refractivity contribution in [2.24, 2.45) is 5.92 Å². The number of hydrogen-bond acceptors (Lipinski definition) is 1. The van der Waals surface area contributed by atoms with Crippen LogP contribution >= 0.6 is 0 Å². The number of H-pyrrole nitrogens is 1. The van der Waals surface area contributed by atoms with Gasteiger partial charge in [-0.05, 0) is 36.1 Å². The van der Waals surface area contributed by atoms with Gasteiger partial charge in [-0.2, -0.15) is 0 Å². The first-order valence-electron chi connectivity index (χ1n) is 7.15. The van der Waals surface area contributed by atoms with Gasteiger partial charge < -0.3 is 9.88 Å². The molecule has 1 fully saturated rings. The normalized spacial score (nSPS) is 17.2. The van der Waals surface area contributed by atoms with E-state index in [0.717, 1.165) is 36.0 Å². The Morgan fingerprint density at radius 1 is 1.50 bits per heavy atom. The molecular formula is C16H19FN2O. The molecule has 4 heteroatoms. The maximum Gasteiger partial charge on any atom is 0.230 e. The minimum atomic E-state index is -0.262. The summed E-state index contributed by atoms with van der Waals surface area (Å²) in [4.78, 5) is 17.5. The average molecular weight is 274 g/mol. The Balaban J connectivity index is 1.93. The van der Waals surface area contributed by atoms with Crippen LogP contribution in [0.5, 0.6) is 0 Å². The highest BCUT2D eigenvalue weighted by molar-refractivity contribution is 5.92. The van der Waals surface area contributed by atoms with E-state index in [1.165, 1.54) is 12.1 Å². The van der Waals surface area contributed by atoms with Crippen molar-refractivity contribution in [2.75, 3.05) is 13.1 Å². The van der Waals surface area contributed by atoms with Crippen LogP contribution in [0.2, 0.25) is 0 Å². The van der Waals surface area contributed by atoms with Gasteiger partial charge in [0.05, 0.1) is 5.92 Å². The molecule has 2 heterocycles. The van der Waals surface area contributed by atoms with Gasteiger partial charge in [0.25, 0.3) is 0 Å². The summed E-state index contributed by atoms with van der Waals surface area (Å²) in [6, 6.07) is 4.68. The third-order valence-electron chi connectivity index (χ3n) is 4.13. The largest absolute Gasteiger partial charge is 0.361 e. The number of carbonyl (C=O) groups is 1. The molecule has 1 aromatic carbocycles. The average Bonchev–Trinajstić information content (AvgIpc) is 2.79. The van der Waals surface area contributed by atoms with E-state index in [-0.39, 0.29) is 17.6 Å². The molecule has 0 spiro atoms. The topological polar surface area (TPSA) is 36.1 Å². The Morgan fingerprint density at radius 2 is 2.25 bits per heavy atom. The molecule has 1 aliphatic rings. The van der Waals surface area contributed by atoms with Crippen LogP contribution in [0.4, 0.5) is 4.39 Å². The maximum absolute atomic E-state index is 13.2. The van der Waals surface area contributed by atoms with Crippen LogP contribution in [0.25, 0.3) is 10.9 Å². The number of halogens is 1. The molecule has 1 unspecified atom stereocenters. The number of amides is 1. The van der Waals surface area contributed by atoms with Crippen LogP contribution in [0.15, 0.2) is 24.4 Å². The lowest BCUT2D eigenvalue weighted by molar-refractivity contribution is -0.138. The summed E-state index contributed by atoms with van der Waals surface area (Å²) >= 11 is 0. The molecule has 1 aromatic heterocycles. The first kappa shape index (κ1) is 13.2. The fraction of sp³-hybridized carbons (Fsp3) is 0.438. The molecule has 3 rings (SSSR count). The van der Waals surface area contributed by atoms with Crippen molar-refractivity contribution in [2.45, 2.75) is 26.2 Å². The van der Waals surface area contributed by atoms with Crippen LogP contribution in [-0.4, -0.2) is 28.9 Å². The van der Waals surface area contributed by atoms with Crippen molar-refractivity contribution in [1.29, 1.82) is 0 Å². The lowest BCUT2D eigenvalue weighted by atomic mass is 9.91. The number of fused-ring (bicyclic) bond motifs is 1. The van der Waals surface area contributed by atoms with E-state index in [1.807, 2.05) is 18.0 Å². The van der Waals surface area contributed by atoms with Gasteiger partial charge in [0.15, 0.2) is 0 Å². The maximum atomic E-state index is 13.2. The Hall–Kier alpha value is -1.84. The summed E-state index contributed by atoms with van der Waals surface area (Å²) < 4.78 is 13.2. The number of rotatable bonds is 3.